The second-order valence-corrected chi connectivity index (χ2v) is 15.9. The van der Waals surface area contributed by atoms with Crippen LogP contribution in [-0.4, -0.2) is 94.0 Å². The van der Waals surface area contributed by atoms with Crippen molar-refractivity contribution in [3.8, 4) is 0 Å². The van der Waals surface area contributed by atoms with Crippen LogP contribution in [0.25, 0.3) is 22.2 Å². The Labute approximate surface area is 257 Å². The molecule has 3 aromatic heterocycles. The van der Waals surface area contributed by atoms with E-state index in [0.29, 0.717) is 11.0 Å². The third-order valence-electron chi connectivity index (χ3n) is 7.42. The number of aliphatic hydroxyl groups is 2. The summed E-state index contributed by atoms with van der Waals surface area (Å²) in [5.74, 6) is -0.213. The molecule has 10 unspecified atom stereocenters. The zero-order chi connectivity index (χ0) is 31.0. The Morgan fingerprint density at radius 2 is 1.64 bits per heavy atom. The zero-order valence-corrected chi connectivity index (χ0v) is 25.7. The summed E-state index contributed by atoms with van der Waals surface area (Å²) in [6.45, 7) is -9.50. The SMILES string of the molecule is Nc1nc2c(ncn2C2OC3COP(O)(=S)OC4C(O)C(COP(=O)(S)OC2C3O)OC4n2cnc3ccccc32)c(=O)[nH]1. The van der Waals surface area contributed by atoms with E-state index in [-0.39, 0.29) is 17.1 Å². The number of hydrogen-bond donors (Lipinski definition) is 6. The molecule has 0 saturated carbocycles. The summed E-state index contributed by atoms with van der Waals surface area (Å²) in [5, 5.41) is 22.4. The van der Waals surface area contributed by atoms with E-state index in [9.17, 15) is 24.5 Å². The van der Waals surface area contributed by atoms with Crippen molar-refractivity contribution >= 4 is 65.7 Å². The first-order chi connectivity index (χ1) is 20.9. The third kappa shape index (κ3) is 5.43. The van der Waals surface area contributed by atoms with Crippen LogP contribution in [0, 0.1) is 0 Å². The number of nitrogens with zero attached hydrogens (tertiary/aromatic N) is 5. The second-order valence-electron chi connectivity index (χ2n) is 10.2. The number of nitrogens with two attached hydrogens (primary N) is 1. The number of anilines is 1. The van der Waals surface area contributed by atoms with Gasteiger partial charge >= 0.3 is 13.5 Å². The zero-order valence-electron chi connectivity index (χ0n) is 22.2. The minimum absolute atomic E-state index is 0.0195. The number of aromatic amines is 1. The van der Waals surface area contributed by atoms with Crippen molar-refractivity contribution in [1.29, 1.82) is 0 Å². The largest absolute Gasteiger partial charge is 0.387 e. The maximum Gasteiger partial charge on any atom is 0.386 e. The lowest BCUT2D eigenvalue weighted by atomic mass is 10.1. The number of aromatic nitrogens is 6. The lowest BCUT2D eigenvalue weighted by Gasteiger charge is -2.27. The summed E-state index contributed by atoms with van der Waals surface area (Å²) >= 11 is 9.35. The topological polar surface area (TPSA) is 241 Å². The minimum Gasteiger partial charge on any atom is -0.387 e. The first-order valence-electron chi connectivity index (χ1n) is 13.0. The van der Waals surface area contributed by atoms with Crippen LogP contribution in [0.3, 0.4) is 0 Å². The Morgan fingerprint density at radius 1 is 1.00 bits per heavy atom. The van der Waals surface area contributed by atoms with Crippen LogP contribution in [-0.2, 0) is 43.9 Å². The molecule has 4 bridgehead atoms. The highest BCUT2D eigenvalue weighted by Crippen LogP contribution is 2.58. The standard InChI is InChI=1S/C22H25N7O11P2S2/c23-22-26-18-13(19(32)27-22)25-8-29(18)21-17-15(31)12(38-21)6-36-41(33,43)39-16-14(30)11(5-35-42(34,44)40-17)37-20(16)28-7-24-9-3-1-2-4-10(9)28/h1-4,7-8,11-12,14-17,20-21,30-31H,5-6H2,(H,33,43)(H,34,44)(H3,23,26,27,32). The van der Waals surface area contributed by atoms with Crippen molar-refractivity contribution in [3.05, 3.63) is 47.3 Å². The predicted molar refractivity (Wildman–Crippen MR) is 157 cm³/mol. The third-order valence-corrected chi connectivity index (χ3v) is 10.6. The van der Waals surface area contributed by atoms with Gasteiger partial charge in [0.05, 0.1) is 36.9 Å². The van der Waals surface area contributed by atoms with Crippen LogP contribution in [0.4, 0.5) is 5.95 Å². The first kappa shape index (κ1) is 30.4. The molecule has 236 valence electrons. The molecule has 22 heteroatoms. The van der Waals surface area contributed by atoms with E-state index in [0.717, 1.165) is 0 Å². The summed E-state index contributed by atoms with van der Waals surface area (Å²) in [6, 6.07) is 7.14. The van der Waals surface area contributed by atoms with Crippen LogP contribution in [0.15, 0.2) is 41.7 Å². The van der Waals surface area contributed by atoms with E-state index in [1.54, 1.807) is 28.8 Å². The maximum atomic E-state index is 13.5. The number of nitrogens with one attached hydrogen (secondary N) is 1. The van der Waals surface area contributed by atoms with Crippen molar-refractivity contribution in [2.24, 2.45) is 0 Å². The number of hydrogen-bond acceptors (Lipinski definition) is 15. The van der Waals surface area contributed by atoms with Gasteiger partial charge in [0.15, 0.2) is 23.6 Å². The molecule has 0 radical (unpaired) electrons. The quantitative estimate of drug-likeness (QED) is 0.123. The predicted octanol–water partition coefficient (Wildman–Crippen LogP) is 0.340. The van der Waals surface area contributed by atoms with Crippen molar-refractivity contribution in [3.63, 3.8) is 0 Å². The van der Waals surface area contributed by atoms with Gasteiger partial charge in [0.25, 0.3) is 5.56 Å². The number of imidazole rings is 2. The molecule has 0 spiro atoms. The Hall–Kier alpha value is -2.29. The molecule has 3 saturated heterocycles. The van der Waals surface area contributed by atoms with Crippen molar-refractivity contribution < 1.29 is 47.2 Å². The molecule has 3 aliphatic heterocycles. The van der Waals surface area contributed by atoms with Gasteiger partial charge in [-0.05, 0) is 23.9 Å². The van der Waals surface area contributed by atoms with Crippen molar-refractivity contribution in [1.82, 2.24) is 29.1 Å². The Balaban J connectivity index is 1.22. The van der Waals surface area contributed by atoms with Crippen LogP contribution >= 0.6 is 25.8 Å². The van der Waals surface area contributed by atoms with Crippen LogP contribution in [0.5, 0.6) is 0 Å². The van der Waals surface area contributed by atoms with E-state index in [4.69, 9.17) is 45.1 Å². The highest BCUT2D eigenvalue weighted by atomic mass is 32.7. The number of thiol groups is 1. The fourth-order valence-electron chi connectivity index (χ4n) is 5.40. The molecule has 18 nitrogen and oxygen atoms in total. The Morgan fingerprint density at radius 3 is 2.39 bits per heavy atom. The number of benzene rings is 1. The van der Waals surface area contributed by atoms with Crippen molar-refractivity contribution in [2.45, 2.75) is 49.1 Å². The molecule has 6 heterocycles. The second kappa shape index (κ2) is 11.2. The monoisotopic (exact) mass is 689 g/mol. The molecule has 3 fully saturated rings. The lowest BCUT2D eigenvalue weighted by molar-refractivity contribution is -0.0599. The number of rotatable bonds is 2. The average molecular weight is 690 g/mol. The maximum absolute atomic E-state index is 13.5. The van der Waals surface area contributed by atoms with Gasteiger partial charge in [-0.15, -0.1) is 0 Å². The van der Waals surface area contributed by atoms with Crippen molar-refractivity contribution in [2.75, 3.05) is 18.9 Å². The van der Waals surface area contributed by atoms with Gasteiger partial charge < -0.3 is 39.4 Å². The van der Waals surface area contributed by atoms with E-state index in [2.05, 4.69) is 32.2 Å². The Bertz CT molecular complexity index is 1890. The molecule has 1 aromatic carbocycles. The van der Waals surface area contributed by atoms with Gasteiger partial charge in [-0.1, -0.05) is 24.4 Å². The molecule has 3 aliphatic rings. The number of nitrogen functional groups attached to an aromatic ring is 1. The summed E-state index contributed by atoms with van der Waals surface area (Å²) in [4.78, 5) is 38.2. The molecular weight excluding hydrogens is 664 g/mol. The van der Waals surface area contributed by atoms with Gasteiger partial charge in [-0.3, -0.25) is 27.9 Å². The summed E-state index contributed by atoms with van der Waals surface area (Å²) < 4.78 is 50.9. The molecule has 10 atom stereocenters. The highest BCUT2D eigenvalue weighted by Gasteiger charge is 2.52. The number of fused-ring (bicyclic) bond motifs is 6. The number of H-pyrrole nitrogens is 1. The summed E-state index contributed by atoms with van der Waals surface area (Å²) in [7, 11) is 0. The van der Waals surface area contributed by atoms with E-state index < -0.39 is 81.4 Å². The smallest absolute Gasteiger partial charge is 0.386 e. The lowest BCUT2D eigenvalue weighted by Crippen LogP contribution is -2.37. The van der Waals surface area contributed by atoms with Crippen LogP contribution in [0.2, 0.25) is 0 Å². The van der Waals surface area contributed by atoms with Gasteiger partial charge in [0, 0.05) is 0 Å². The van der Waals surface area contributed by atoms with Crippen LogP contribution < -0.4 is 11.3 Å². The molecule has 0 aliphatic carbocycles. The van der Waals surface area contributed by atoms with E-state index in [1.165, 1.54) is 17.2 Å². The molecule has 7 rings (SSSR count). The minimum atomic E-state index is -4.32. The molecular formula is C22H25N7O11P2S2. The van der Waals surface area contributed by atoms with E-state index >= 15 is 0 Å². The molecule has 6 N–H and O–H groups in total. The fraction of sp³-hybridized carbons (Fsp3) is 0.455. The van der Waals surface area contributed by atoms with Gasteiger partial charge in [0.2, 0.25) is 5.95 Å². The summed E-state index contributed by atoms with van der Waals surface area (Å²) in [6.07, 6.45) is -7.86. The summed E-state index contributed by atoms with van der Waals surface area (Å²) in [5.41, 5.74) is 6.24. The molecule has 44 heavy (non-hydrogen) atoms. The first-order valence-corrected chi connectivity index (χ1v) is 18.3. The van der Waals surface area contributed by atoms with Crippen LogP contribution in [0.1, 0.15) is 12.5 Å². The molecule has 4 aromatic rings. The highest BCUT2D eigenvalue weighted by molar-refractivity contribution is 8.44. The van der Waals surface area contributed by atoms with E-state index in [1.807, 2.05) is 0 Å². The average Bonchev–Trinajstić information content (AvgIpc) is 3.72. The number of ether oxygens (including phenoxy) is 2. The fourth-order valence-corrected chi connectivity index (χ4v) is 8.27. The number of aliphatic hydroxyl groups excluding tert-OH is 2. The van der Waals surface area contributed by atoms with Gasteiger partial charge in [-0.25, -0.2) is 14.5 Å². The molecule has 0 amide bonds. The Kier molecular flexibility index (Phi) is 7.73. The van der Waals surface area contributed by atoms with Gasteiger partial charge in [-0.2, -0.15) is 4.98 Å². The number of para-hydroxylation sites is 2. The van der Waals surface area contributed by atoms with Gasteiger partial charge in [0.1, 0.15) is 36.6 Å². The normalized spacial score (nSPS) is 38.3.